The van der Waals surface area contributed by atoms with E-state index in [2.05, 4.69) is 15.3 Å². The van der Waals surface area contributed by atoms with Crippen molar-refractivity contribution in [1.29, 1.82) is 0 Å². The fourth-order valence-corrected chi connectivity index (χ4v) is 6.99. The van der Waals surface area contributed by atoms with Crippen molar-refractivity contribution in [2.45, 2.75) is 56.6 Å². The number of nitrogens with one attached hydrogen (secondary N) is 1. The van der Waals surface area contributed by atoms with E-state index in [4.69, 9.17) is 0 Å². The van der Waals surface area contributed by atoms with Gasteiger partial charge in [0.25, 0.3) is 15.9 Å². The van der Waals surface area contributed by atoms with Crippen LogP contribution in [0.3, 0.4) is 0 Å². The Hall–Kier alpha value is -2.70. The summed E-state index contributed by atoms with van der Waals surface area (Å²) in [7, 11) is -4.05. The summed E-state index contributed by atoms with van der Waals surface area (Å²) in [5, 5.41) is 24.7. The van der Waals surface area contributed by atoms with Crippen LogP contribution in [0.15, 0.2) is 52.7 Å². The number of pyridine rings is 1. The maximum absolute atomic E-state index is 13.5. The van der Waals surface area contributed by atoms with Crippen LogP contribution in [0.25, 0.3) is 0 Å². The van der Waals surface area contributed by atoms with Gasteiger partial charge in [0.1, 0.15) is 5.69 Å². The summed E-state index contributed by atoms with van der Waals surface area (Å²) in [6.07, 6.45) is -1.98. The van der Waals surface area contributed by atoms with Crippen LogP contribution in [0.4, 0.5) is 0 Å². The molecule has 0 radical (unpaired) electrons. The van der Waals surface area contributed by atoms with Crippen molar-refractivity contribution in [1.82, 2.24) is 19.6 Å². The number of aromatic nitrogens is 2. The van der Waals surface area contributed by atoms with E-state index in [0.717, 1.165) is 21.2 Å². The fourth-order valence-electron chi connectivity index (χ4n) is 3.83. The molecule has 194 valence electrons. The Morgan fingerprint density at radius 3 is 2.31 bits per heavy atom. The Bertz CT molecular complexity index is 1280. The van der Waals surface area contributed by atoms with E-state index < -0.39 is 34.2 Å². The molecule has 0 bridgehead atoms. The lowest BCUT2D eigenvalue weighted by molar-refractivity contribution is 0.0728. The van der Waals surface area contributed by atoms with Gasteiger partial charge < -0.3 is 15.5 Å². The van der Waals surface area contributed by atoms with Crippen molar-refractivity contribution < 1.29 is 23.4 Å². The maximum atomic E-state index is 13.5. The number of hydrogen-bond acceptors (Lipinski definition) is 8. The third-order valence-corrected chi connectivity index (χ3v) is 8.99. The van der Waals surface area contributed by atoms with Crippen LogP contribution in [0.1, 0.15) is 39.4 Å². The second-order valence-corrected chi connectivity index (χ2v) is 12.1. The molecule has 0 aliphatic rings. The Morgan fingerprint density at radius 2 is 1.72 bits per heavy atom. The van der Waals surface area contributed by atoms with Gasteiger partial charge in [-0.25, -0.2) is 18.4 Å². The van der Waals surface area contributed by atoms with Gasteiger partial charge >= 0.3 is 0 Å². The lowest BCUT2D eigenvalue weighted by atomic mass is 10.0. The number of benzene rings is 1. The molecule has 9 nitrogen and oxygen atoms in total. The van der Waals surface area contributed by atoms with Crippen LogP contribution in [0.2, 0.25) is 0 Å². The molecule has 0 unspecified atom stereocenters. The highest BCUT2D eigenvalue weighted by Gasteiger charge is 2.34. The van der Waals surface area contributed by atoms with E-state index in [1.807, 2.05) is 30.3 Å². The number of thiazole rings is 1. The van der Waals surface area contributed by atoms with E-state index in [1.54, 1.807) is 39.0 Å². The molecular weight excluding hydrogens is 500 g/mol. The molecule has 0 aliphatic carbocycles. The molecule has 2 aromatic heterocycles. The second-order valence-electron chi connectivity index (χ2n) is 8.78. The predicted molar refractivity (Wildman–Crippen MR) is 138 cm³/mol. The topological polar surface area (TPSA) is 133 Å². The van der Waals surface area contributed by atoms with E-state index in [9.17, 15) is 23.4 Å². The predicted octanol–water partition coefficient (Wildman–Crippen LogP) is 2.24. The minimum atomic E-state index is -4.05. The standard InChI is InChI=1S/C25H32N4O5S2/c1-16-9-8-12-21(26-16)24(32)28-22(13-20-10-6-5-7-11-20)23(31)15-29(14-17(2)30)36(33,34)25-18(3)27-19(4)35-25/h5-12,17,22-23,30-31H,13-15H2,1-4H3,(H,28,32)/t17-,22+,23-/m1/s1. The highest BCUT2D eigenvalue weighted by Crippen LogP contribution is 2.27. The molecular formula is C25H32N4O5S2. The summed E-state index contributed by atoms with van der Waals surface area (Å²) in [4.78, 5) is 21.4. The zero-order valence-corrected chi connectivity index (χ0v) is 22.4. The van der Waals surface area contributed by atoms with Crippen molar-refractivity contribution in [3.8, 4) is 0 Å². The molecule has 0 aliphatic heterocycles. The van der Waals surface area contributed by atoms with Gasteiger partial charge in [0.15, 0.2) is 4.21 Å². The number of carbonyl (C=O) groups is 1. The van der Waals surface area contributed by atoms with E-state index in [-0.39, 0.29) is 29.4 Å². The number of aryl methyl sites for hydroxylation is 3. The summed E-state index contributed by atoms with van der Waals surface area (Å²) < 4.78 is 28.1. The smallest absolute Gasteiger partial charge is 0.270 e. The molecule has 3 atom stereocenters. The van der Waals surface area contributed by atoms with Crippen LogP contribution >= 0.6 is 11.3 Å². The molecule has 0 fully saturated rings. The maximum Gasteiger partial charge on any atom is 0.270 e. The van der Waals surface area contributed by atoms with Gasteiger partial charge in [0.05, 0.1) is 29.0 Å². The Morgan fingerprint density at radius 1 is 1.03 bits per heavy atom. The number of sulfonamides is 1. The van der Waals surface area contributed by atoms with Gasteiger partial charge in [-0.3, -0.25) is 4.79 Å². The van der Waals surface area contributed by atoms with Gasteiger partial charge in [-0.05, 0) is 51.8 Å². The van der Waals surface area contributed by atoms with Crippen molar-refractivity contribution in [2.75, 3.05) is 13.1 Å². The highest BCUT2D eigenvalue weighted by atomic mass is 32.2. The SMILES string of the molecule is Cc1cccc(C(=O)N[C@@H](Cc2ccccc2)[C@H](O)CN(C[C@@H](C)O)S(=O)(=O)c2sc(C)nc2C)n1. The monoisotopic (exact) mass is 532 g/mol. The van der Waals surface area contributed by atoms with Gasteiger partial charge in [0, 0.05) is 18.8 Å². The quantitative estimate of drug-likeness (QED) is 0.345. The van der Waals surface area contributed by atoms with E-state index in [0.29, 0.717) is 16.4 Å². The van der Waals surface area contributed by atoms with E-state index in [1.165, 1.54) is 6.92 Å². The molecule has 3 rings (SSSR count). The molecule has 1 amide bonds. The molecule has 2 heterocycles. The third-order valence-electron chi connectivity index (χ3n) is 5.49. The number of nitrogens with zero attached hydrogens (tertiary/aromatic N) is 3. The number of hydrogen-bond donors (Lipinski definition) is 3. The summed E-state index contributed by atoms with van der Waals surface area (Å²) >= 11 is 1.04. The minimum absolute atomic E-state index is 0.0699. The van der Waals surface area contributed by atoms with Crippen LogP contribution in [0, 0.1) is 20.8 Å². The molecule has 0 saturated carbocycles. The Labute approximate surface area is 215 Å². The van der Waals surface area contributed by atoms with Crippen molar-refractivity contribution in [3.63, 3.8) is 0 Å². The first-order valence-corrected chi connectivity index (χ1v) is 13.8. The number of aliphatic hydroxyl groups is 2. The zero-order valence-electron chi connectivity index (χ0n) is 20.7. The van der Waals surface area contributed by atoms with Crippen molar-refractivity contribution >= 4 is 27.3 Å². The van der Waals surface area contributed by atoms with Crippen molar-refractivity contribution in [2.24, 2.45) is 0 Å². The lowest BCUT2D eigenvalue weighted by Gasteiger charge is -2.30. The average molecular weight is 533 g/mol. The molecule has 36 heavy (non-hydrogen) atoms. The van der Waals surface area contributed by atoms with E-state index >= 15 is 0 Å². The van der Waals surface area contributed by atoms with Crippen LogP contribution in [0.5, 0.6) is 0 Å². The molecule has 0 saturated heterocycles. The minimum Gasteiger partial charge on any atom is -0.392 e. The molecule has 0 spiro atoms. The van der Waals surface area contributed by atoms with Crippen LogP contribution in [-0.4, -0.2) is 70.2 Å². The lowest BCUT2D eigenvalue weighted by Crippen LogP contribution is -2.51. The van der Waals surface area contributed by atoms with Gasteiger partial charge in [0.2, 0.25) is 0 Å². The summed E-state index contributed by atoms with van der Waals surface area (Å²) in [6.45, 7) is 6.03. The first kappa shape index (κ1) is 27.9. The number of amides is 1. The first-order valence-electron chi connectivity index (χ1n) is 11.6. The molecule has 3 aromatic rings. The Balaban J connectivity index is 1.90. The first-order chi connectivity index (χ1) is 17.0. The molecule has 3 N–H and O–H groups in total. The fraction of sp³-hybridized carbons (Fsp3) is 0.400. The summed E-state index contributed by atoms with van der Waals surface area (Å²) in [5.41, 5.74) is 2.09. The number of rotatable bonds is 11. The normalized spacial score (nSPS) is 14.4. The largest absolute Gasteiger partial charge is 0.392 e. The van der Waals surface area contributed by atoms with Crippen LogP contribution in [-0.2, 0) is 16.4 Å². The van der Waals surface area contributed by atoms with Gasteiger partial charge in [-0.2, -0.15) is 4.31 Å². The third kappa shape index (κ3) is 7.17. The molecule has 1 aromatic carbocycles. The number of carbonyl (C=O) groups excluding carboxylic acids is 1. The average Bonchev–Trinajstić information content (AvgIpc) is 3.17. The Kier molecular flexibility index (Phi) is 9.31. The second kappa shape index (κ2) is 12.0. The van der Waals surface area contributed by atoms with Gasteiger partial charge in [-0.1, -0.05) is 36.4 Å². The highest BCUT2D eigenvalue weighted by molar-refractivity contribution is 7.91. The van der Waals surface area contributed by atoms with Crippen LogP contribution < -0.4 is 5.32 Å². The summed E-state index contributed by atoms with van der Waals surface area (Å²) in [6, 6.07) is 13.5. The molecule has 11 heteroatoms. The van der Waals surface area contributed by atoms with Gasteiger partial charge in [-0.15, -0.1) is 11.3 Å². The zero-order chi connectivity index (χ0) is 26.5. The summed E-state index contributed by atoms with van der Waals surface area (Å²) in [5.74, 6) is -0.474. The number of aliphatic hydroxyl groups excluding tert-OH is 2. The van der Waals surface area contributed by atoms with Crippen molar-refractivity contribution in [3.05, 3.63) is 76.2 Å².